The van der Waals surface area contributed by atoms with Crippen LogP contribution in [0.2, 0.25) is 0 Å². The lowest BCUT2D eigenvalue weighted by Gasteiger charge is -2.12. The van der Waals surface area contributed by atoms with E-state index in [1.807, 2.05) is 6.07 Å². The van der Waals surface area contributed by atoms with Crippen molar-refractivity contribution in [3.05, 3.63) is 58.9 Å². The summed E-state index contributed by atoms with van der Waals surface area (Å²) in [7, 11) is 0. The van der Waals surface area contributed by atoms with E-state index in [0.717, 1.165) is 29.0 Å². The van der Waals surface area contributed by atoms with E-state index >= 15 is 0 Å². The van der Waals surface area contributed by atoms with Gasteiger partial charge in [0.1, 0.15) is 30.8 Å². The zero-order valence-corrected chi connectivity index (χ0v) is 21.5. The molecule has 0 radical (unpaired) electrons. The van der Waals surface area contributed by atoms with Gasteiger partial charge in [0.15, 0.2) is 5.57 Å². The van der Waals surface area contributed by atoms with Gasteiger partial charge < -0.3 is 18.9 Å². The summed E-state index contributed by atoms with van der Waals surface area (Å²) in [5, 5.41) is 9.70. The summed E-state index contributed by atoms with van der Waals surface area (Å²) >= 11 is 2.29. The molecule has 0 aliphatic carbocycles. The average Bonchev–Trinajstić information content (AvgIpc) is 3.32. The fourth-order valence-corrected chi connectivity index (χ4v) is 5.66. The molecule has 0 atom stereocenters. The maximum absolute atomic E-state index is 12.6. The lowest BCUT2D eigenvalue weighted by atomic mass is 10.1. The number of carbonyl (C=O) groups excluding carboxylic acids is 4. The number of fused-ring (bicyclic) bond motifs is 1. The Hall–Kier alpha value is -4.01. The van der Waals surface area contributed by atoms with Crippen molar-refractivity contribution in [3.8, 4) is 28.7 Å². The minimum Gasteiger partial charge on any atom is -0.459 e. The summed E-state index contributed by atoms with van der Waals surface area (Å²) < 4.78 is 20.8. The molecule has 9 nitrogen and oxygen atoms in total. The van der Waals surface area contributed by atoms with Crippen molar-refractivity contribution < 1.29 is 38.1 Å². The highest BCUT2D eigenvalue weighted by atomic mass is 32.2. The van der Waals surface area contributed by atoms with Gasteiger partial charge in [-0.2, -0.15) is 5.26 Å². The number of nitrogens with zero attached hydrogens (tertiary/aromatic N) is 1. The number of benzene rings is 2. The topological polar surface area (TPSA) is 129 Å². The molecular formula is C26H21NO8S2. The molecule has 0 amide bonds. The first-order valence-electron chi connectivity index (χ1n) is 10.9. The molecule has 0 unspecified atom stereocenters. The minimum absolute atomic E-state index is 0.168. The van der Waals surface area contributed by atoms with E-state index in [0.29, 0.717) is 25.5 Å². The molecule has 0 fully saturated rings. The van der Waals surface area contributed by atoms with Crippen LogP contribution in [-0.2, 0) is 28.7 Å². The van der Waals surface area contributed by atoms with Crippen molar-refractivity contribution in [2.75, 3.05) is 13.2 Å². The van der Waals surface area contributed by atoms with Gasteiger partial charge in [0, 0.05) is 24.3 Å². The quantitative estimate of drug-likeness (QED) is 0.143. The average molecular weight is 540 g/mol. The van der Waals surface area contributed by atoms with Gasteiger partial charge in [0.05, 0.1) is 9.13 Å². The van der Waals surface area contributed by atoms with Crippen LogP contribution < -0.4 is 9.47 Å². The van der Waals surface area contributed by atoms with E-state index in [1.54, 1.807) is 43.3 Å². The number of esters is 4. The van der Waals surface area contributed by atoms with Gasteiger partial charge in [-0.25, -0.2) is 9.59 Å². The van der Waals surface area contributed by atoms with E-state index in [9.17, 15) is 24.4 Å². The number of hydrogen-bond donors (Lipinski definition) is 0. The Morgan fingerprint density at radius 1 is 0.973 bits per heavy atom. The Bertz CT molecular complexity index is 1330. The van der Waals surface area contributed by atoms with E-state index in [1.165, 1.54) is 18.7 Å². The second-order valence-electron chi connectivity index (χ2n) is 7.20. The van der Waals surface area contributed by atoms with E-state index in [4.69, 9.17) is 18.9 Å². The molecule has 2 aromatic carbocycles. The van der Waals surface area contributed by atoms with Gasteiger partial charge in [-0.05, 0) is 35.4 Å². The Morgan fingerprint density at radius 3 is 2.27 bits per heavy atom. The lowest BCUT2D eigenvalue weighted by molar-refractivity contribution is -0.146. The summed E-state index contributed by atoms with van der Waals surface area (Å²) in [5.74, 6) is -1.71. The van der Waals surface area contributed by atoms with Crippen LogP contribution in [0, 0.1) is 11.3 Å². The summed E-state index contributed by atoms with van der Waals surface area (Å²) in [5.41, 5.74) is 1.31. The predicted octanol–water partition coefficient (Wildman–Crippen LogP) is 4.80. The Kier molecular flexibility index (Phi) is 9.54. The Morgan fingerprint density at radius 2 is 1.65 bits per heavy atom. The van der Waals surface area contributed by atoms with Crippen LogP contribution in [0.15, 0.2) is 68.7 Å². The van der Waals surface area contributed by atoms with Gasteiger partial charge in [0.25, 0.3) is 0 Å². The van der Waals surface area contributed by atoms with Crippen LogP contribution in [0.5, 0.6) is 11.5 Å². The molecule has 0 N–H and O–H groups in total. The maximum atomic E-state index is 12.6. The molecule has 0 aromatic heterocycles. The number of nitriles is 1. The van der Waals surface area contributed by atoms with E-state index in [-0.39, 0.29) is 25.2 Å². The van der Waals surface area contributed by atoms with Crippen LogP contribution >= 0.6 is 23.5 Å². The molecule has 0 bridgehead atoms. The normalized spacial score (nSPS) is 13.0. The third-order valence-corrected chi connectivity index (χ3v) is 7.30. The zero-order chi connectivity index (χ0) is 26.9. The number of carbonyl (C=O) groups is 4. The molecule has 1 aliphatic rings. The van der Waals surface area contributed by atoms with Crippen LogP contribution in [0.4, 0.5) is 0 Å². The highest BCUT2D eigenvalue weighted by Crippen LogP contribution is 2.58. The maximum Gasteiger partial charge on any atom is 0.350 e. The molecule has 0 saturated carbocycles. The third kappa shape index (κ3) is 7.03. The monoisotopic (exact) mass is 539 g/mol. The van der Waals surface area contributed by atoms with Crippen LogP contribution in [-0.4, -0.2) is 37.1 Å². The van der Waals surface area contributed by atoms with Gasteiger partial charge >= 0.3 is 23.9 Å². The largest absolute Gasteiger partial charge is 0.459 e. The van der Waals surface area contributed by atoms with Gasteiger partial charge in [-0.3, -0.25) is 9.59 Å². The number of rotatable bonds is 9. The predicted molar refractivity (Wildman–Crippen MR) is 136 cm³/mol. The number of hydrogen-bond acceptors (Lipinski definition) is 11. The van der Waals surface area contributed by atoms with Crippen molar-refractivity contribution in [1.82, 2.24) is 0 Å². The summed E-state index contributed by atoms with van der Waals surface area (Å²) in [6.45, 7) is 5.83. The lowest BCUT2D eigenvalue weighted by Crippen LogP contribution is -2.14. The van der Waals surface area contributed by atoms with Gasteiger partial charge in [0.2, 0.25) is 0 Å². The molecule has 2 aromatic rings. The van der Waals surface area contributed by atoms with Crippen molar-refractivity contribution in [2.24, 2.45) is 0 Å². The molecule has 3 rings (SSSR count). The smallest absolute Gasteiger partial charge is 0.350 e. The standard InChI is InChI=1S/C26H21NO8S2/c1-4-21(29)32-12-13-33-25(31)19(14-27)26-36-23-18(16-6-8-17(9-7-16)34-15(3)28)10-11-20(24(23)37-26)35-22(30)5-2/h4,6-11H,1,5,12-13H2,2-3H3/b26-19+. The van der Waals surface area contributed by atoms with Crippen LogP contribution in [0.3, 0.4) is 0 Å². The fraction of sp³-hybridized carbons (Fsp3) is 0.192. The molecule has 11 heteroatoms. The van der Waals surface area contributed by atoms with Crippen molar-refractivity contribution in [3.63, 3.8) is 0 Å². The Balaban J connectivity index is 1.93. The van der Waals surface area contributed by atoms with Gasteiger partial charge in [-0.15, -0.1) is 0 Å². The number of ether oxygens (including phenoxy) is 4. The van der Waals surface area contributed by atoms with E-state index in [2.05, 4.69) is 6.58 Å². The molecular weight excluding hydrogens is 518 g/mol. The second kappa shape index (κ2) is 12.8. The second-order valence-corrected chi connectivity index (χ2v) is 9.50. The molecule has 1 aliphatic heterocycles. The summed E-state index contributed by atoms with van der Waals surface area (Å²) in [4.78, 5) is 48.2. The van der Waals surface area contributed by atoms with Crippen molar-refractivity contribution in [1.29, 1.82) is 5.26 Å². The molecule has 1 heterocycles. The molecule has 190 valence electrons. The SMILES string of the molecule is C=CC(=O)OCCOC(=O)/C(C#N)=C1/Sc2c(OC(=O)CC)ccc(-c3ccc(OC(C)=O)cc3)c2S1. The van der Waals surface area contributed by atoms with Crippen molar-refractivity contribution in [2.45, 2.75) is 30.1 Å². The first-order chi connectivity index (χ1) is 17.8. The fourth-order valence-electron chi connectivity index (χ4n) is 3.00. The first kappa shape index (κ1) is 27.6. The molecule has 37 heavy (non-hydrogen) atoms. The number of thioether (sulfide) groups is 2. The molecule has 0 saturated heterocycles. The summed E-state index contributed by atoms with van der Waals surface area (Å²) in [6.07, 6.45) is 1.15. The highest BCUT2D eigenvalue weighted by Gasteiger charge is 2.31. The van der Waals surface area contributed by atoms with Crippen LogP contribution in [0.1, 0.15) is 20.3 Å². The third-order valence-electron chi connectivity index (χ3n) is 4.65. The summed E-state index contributed by atoms with van der Waals surface area (Å²) in [6, 6.07) is 12.1. The first-order valence-corrected chi connectivity index (χ1v) is 12.5. The van der Waals surface area contributed by atoms with Crippen molar-refractivity contribution >= 4 is 47.4 Å². The zero-order valence-electron chi connectivity index (χ0n) is 19.9. The molecule has 0 spiro atoms. The van der Waals surface area contributed by atoms with Crippen LogP contribution in [0.25, 0.3) is 11.1 Å². The van der Waals surface area contributed by atoms with E-state index < -0.39 is 23.9 Å². The Labute approximate surface area is 221 Å². The van der Waals surface area contributed by atoms with Gasteiger partial charge in [-0.1, -0.05) is 49.2 Å². The minimum atomic E-state index is -0.876. The highest BCUT2D eigenvalue weighted by molar-refractivity contribution is 8.24.